The van der Waals surface area contributed by atoms with Gasteiger partial charge in [-0.1, -0.05) is 32.0 Å². The molecule has 7 heteroatoms. The maximum absolute atomic E-state index is 12.2. The van der Waals surface area contributed by atoms with E-state index >= 15 is 0 Å². The second-order valence-corrected chi connectivity index (χ2v) is 7.32. The maximum atomic E-state index is 12.2. The fourth-order valence-corrected chi connectivity index (χ4v) is 2.60. The monoisotopic (exact) mass is 410 g/mol. The first-order valence-electron chi connectivity index (χ1n) is 9.72. The summed E-state index contributed by atoms with van der Waals surface area (Å²) in [6.07, 6.45) is 0.412. The molecule has 2 aromatic carbocycles. The van der Waals surface area contributed by atoms with Gasteiger partial charge in [-0.15, -0.1) is 0 Å². The number of ketones is 1. The summed E-state index contributed by atoms with van der Waals surface area (Å²) >= 11 is 0. The fourth-order valence-electron chi connectivity index (χ4n) is 2.60. The first-order valence-corrected chi connectivity index (χ1v) is 9.72. The van der Waals surface area contributed by atoms with Gasteiger partial charge in [-0.2, -0.15) is 0 Å². The number of anilines is 1. The fraction of sp³-hybridized carbons (Fsp3) is 0.304. The van der Waals surface area contributed by atoms with Crippen molar-refractivity contribution >= 4 is 29.3 Å². The summed E-state index contributed by atoms with van der Waals surface area (Å²) in [5.41, 5.74) is 1.37. The molecule has 0 aromatic heterocycles. The highest BCUT2D eigenvalue weighted by atomic mass is 16.5. The van der Waals surface area contributed by atoms with Gasteiger partial charge in [-0.25, -0.2) is 4.79 Å². The molecule has 2 N–H and O–H groups in total. The molecule has 0 bridgehead atoms. The Kier molecular flexibility index (Phi) is 8.29. The van der Waals surface area contributed by atoms with Gasteiger partial charge in [0.2, 0.25) is 5.91 Å². The number of hydrogen-bond donors (Lipinski definition) is 2. The Balaban J connectivity index is 1.82. The van der Waals surface area contributed by atoms with E-state index in [9.17, 15) is 19.2 Å². The van der Waals surface area contributed by atoms with Crippen molar-refractivity contribution in [2.45, 2.75) is 33.2 Å². The highest BCUT2D eigenvalue weighted by Gasteiger charge is 2.19. The standard InChI is InChI=1S/C23H26N2O5/c1-15(2)13-21(27)25-19-11-9-17(10-12-19)20(26)14-30-23(29)16(3)24-22(28)18-7-5-4-6-8-18/h4-12,15-16H,13-14H2,1-3H3,(H,24,28)(H,25,27)/t16-/m0/s1. The number of Topliss-reactive ketones (excluding diaryl/α,β-unsaturated/α-hetero) is 1. The number of ether oxygens (including phenoxy) is 1. The lowest BCUT2D eigenvalue weighted by atomic mass is 10.1. The average Bonchev–Trinajstić information content (AvgIpc) is 2.72. The van der Waals surface area contributed by atoms with Crippen molar-refractivity contribution in [3.63, 3.8) is 0 Å². The minimum absolute atomic E-state index is 0.0930. The number of esters is 1. The molecule has 30 heavy (non-hydrogen) atoms. The summed E-state index contributed by atoms with van der Waals surface area (Å²) < 4.78 is 5.02. The van der Waals surface area contributed by atoms with E-state index < -0.39 is 24.5 Å². The summed E-state index contributed by atoms with van der Waals surface area (Å²) in [5, 5.41) is 5.29. The normalized spacial score (nSPS) is 11.5. The van der Waals surface area contributed by atoms with E-state index in [-0.39, 0.29) is 17.6 Å². The van der Waals surface area contributed by atoms with Crippen LogP contribution in [0.5, 0.6) is 0 Å². The van der Waals surface area contributed by atoms with Gasteiger partial charge in [0.15, 0.2) is 12.4 Å². The van der Waals surface area contributed by atoms with Crippen molar-refractivity contribution in [2.75, 3.05) is 11.9 Å². The summed E-state index contributed by atoms with van der Waals surface area (Å²) in [5.74, 6) is -1.33. The molecule has 158 valence electrons. The second kappa shape index (κ2) is 10.9. The summed E-state index contributed by atoms with van der Waals surface area (Å²) in [4.78, 5) is 48.2. The minimum atomic E-state index is -0.899. The lowest BCUT2D eigenvalue weighted by molar-refractivity contribution is -0.144. The zero-order valence-electron chi connectivity index (χ0n) is 17.3. The number of hydrogen-bond acceptors (Lipinski definition) is 5. The van der Waals surface area contributed by atoms with E-state index in [0.717, 1.165) is 0 Å². The van der Waals surface area contributed by atoms with Gasteiger partial charge in [0.25, 0.3) is 5.91 Å². The molecule has 0 aliphatic heterocycles. The average molecular weight is 410 g/mol. The van der Waals surface area contributed by atoms with E-state index in [1.165, 1.54) is 6.92 Å². The minimum Gasteiger partial charge on any atom is -0.456 e. The summed E-state index contributed by atoms with van der Waals surface area (Å²) in [7, 11) is 0. The van der Waals surface area contributed by atoms with Crippen molar-refractivity contribution in [1.82, 2.24) is 5.32 Å². The highest BCUT2D eigenvalue weighted by molar-refractivity contribution is 6.00. The van der Waals surface area contributed by atoms with Gasteiger partial charge in [-0.05, 0) is 49.2 Å². The zero-order chi connectivity index (χ0) is 22.1. The highest BCUT2D eigenvalue weighted by Crippen LogP contribution is 2.12. The van der Waals surface area contributed by atoms with Gasteiger partial charge < -0.3 is 15.4 Å². The van der Waals surface area contributed by atoms with Crippen LogP contribution in [0.15, 0.2) is 54.6 Å². The third-order valence-corrected chi connectivity index (χ3v) is 4.17. The number of carbonyl (C=O) groups is 4. The molecule has 0 radical (unpaired) electrons. The number of benzene rings is 2. The van der Waals surface area contributed by atoms with Crippen molar-refractivity contribution in [3.8, 4) is 0 Å². The molecule has 0 saturated carbocycles. The zero-order valence-corrected chi connectivity index (χ0v) is 17.3. The lowest BCUT2D eigenvalue weighted by Crippen LogP contribution is -2.40. The molecule has 0 spiro atoms. The molecule has 1 atom stereocenters. The van der Waals surface area contributed by atoms with E-state index in [1.807, 2.05) is 13.8 Å². The largest absolute Gasteiger partial charge is 0.456 e. The van der Waals surface area contributed by atoms with Crippen LogP contribution in [-0.4, -0.2) is 36.2 Å². The number of amides is 2. The first kappa shape index (κ1) is 22.8. The Hall–Kier alpha value is -3.48. The Morgan fingerprint density at radius 3 is 2.10 bits per heavy atom. The molecule has 0 aliphatic rings. The van der Waals surface area contributed by atoms with E-state index in [2.05, 4.69) is 10.6 Å². The molecule has 2 amide bonds. The van der Waals surface area contributed by atoms with Gasteiger partial charge in [0.05, 0.1) is 0 Å². The predicted octanol–water partition coefficient (Wildman–Crippen LogP) is 3.22. The molecular formula is C23H26N2O5. The maximum Gasteiger partial charge on any atom is 0.328 e. The number of carbonyl (C=O) groups excluding carboxylic acids is 4. The quantitative estimate of drug-likeness (QED) is 0.488. The number of rotatable bonds is 9. The smallest absolute Gasteiger partial charge is 0.328 e. The lowest BCUT2D eigenvalue weighted by Gasteiger charge is -2.13. The van der Waals surface area contributed by atoms with Crippen molar-refractivity contribution in [2.24, 2.45) is 5.92 Å². The molecule has 7 nitrogen and oxygen atoms in total. The Morgan fingerprint density at radius 2 is 1.50 bits per heavy atom. The molecule has 0 unspecified atom stereocenters. The van der Waals surface area contributed by atoms with Crippen LogP contribution in [0.1, 0.15) is 47.9 Å². The Morgan fingerprint density at radius 1 is 0.867 bits per heavy atom. The van der Waals surface area contributed by atoms with Crippen LogP contribution in [0, 0.1) is 5.92 Å². The predicted molar refractivity (Wildman–Crippen MR) is 113 cm³/mol. The van der Waals surface area contributed by atoms with Gasteiger partial charge in [0, 0.05) is 23.2 Å². The van der Waals surface area contributed by atoms with Crippen LogP contribution < -0.4 is 10.6 Å². The SMILES string of the molecule is CC(C)CC(=O)Nc1ccc(C(=O)COC(=O)[C@H](C)NC(=O)c2ccccc2)cc1. The van der Waals surface area contributed by atoms with Gasteiger partial charge in [0.1, 0.15) is 6.04 Å². The Labute approximate surface area is 175 Å². The molecule has 2 aromatic rings. The van der Waals surface area contributed by atoms with Crippen LogP contribution in [0.25, 0.3) is 0 Å². The van der Waals surface area contributed by atoms with Gasteiger partial charge in [-0.3, -0.25) is 14.4 Å². The first-order chi connectivity index (χ1) is 14.3. The molecule has 2 rings (SSSR count). The van der Waals surface area contributed by atoms with E-state index in [1.54, 1.807) is 54.6 Å². The topological polar surface area (TPSA) is 102 Å². The molecular weight excluding hydrogens is 384 g/mol. The molecule has 0 fully saturated rings. The second-order valence-electron chi connectivity index (χ2n) is 7.32. The van der Waals surface area contributed by atoms with Gasteiger partial charge >= 0.3 is 5.97 Å². The van der Waals surface area contributed by atoms with Crippen LogP contribution in [-0.2, 0) is 14.3 Å². The van der Waals surface area contributed by atoms with Crippen molar-refractivity contribution < 1.29 is 23.9 Å². The molecule has 0 heterocycles. The molecule has 0 saturated heterocycles. The van der Waals surface area contributed by atoms with E-state index in [4.69, 9.17) is 4.74 Å². The molecule has 0 aliphatic carbocycles. The number of nitrogens with one attached hydrogen (secondary N) is 2. The van der Waals surface area contributed by atoms with Crippen LogP contribution in [0.2, 0.25) is 0 Å². The van der Waals surface area contributed by atoms with Crippen molar-refractivity contribution in [1.29, 1.82) is 0 Å². The van der Waals surface area contributed by atoms with Crippen molar-refractivity contribution in [3.05, 3.63) is 65.7 Å². The third-order valence-electron chi connectivity index (χ3n) is 4.17. The Bertz CT molecular complexity index is 892. The van der Waals surface area contributed by atoms with Crippen LogP contribution >= 0.6 is 0 Å². The van der Waals surface area contributed by atoms with Crippen LogP contribution in [0.4, 0.5) is 5.69 Å². The summed E-state index contributed by atoms with van der Waals surface area (Å²) in [6, 6.07) is 13.9. The van der Waals surface area contributed by atoms with E-state index in [0.29, 0.717) is 23.2 Å². The summed E-state index contributed by atoms with van der Waals surface area (Å²) in [6.45, 7) is 4.96. The van der Waals surface area contributed by atoms with Crippen LogP contribution in [0.3, 0.4) is 0 Å². The third kappa shape index (κ3) is 7.16.